The van der Waals surface area contributed by atoms with Crippen LogP contribution < -0.4 is 4.90 Å². The van der Waals surface area contributed by atoms with Gasteiger partial charge in [-0.1, -0.05) is 70.4 Å². The van der Waals surface area contributed by atoms with Crippen molar-refractivity contribution in [2.24, 2.45) is 4.99 Å². The van der Waals surface area contributed by atoms with Gasteiger partial charge in [0.05, 0.1) is 20.2 Å². The van der Waals surface area contributed by atoms with Gasteiger partial charge < -0.3 is 4.55 Å². The molecule has 0 fully saturated rings. The van der Waals surface area contributed by atoms with E-state index in [1.165, 1.54) is 103 Å². The summed E-state index contributed by atoms with van der Waals surface area (Å²) in [4.78, 5) is 5.87. The first-order valence-corrected chi connectivity index (χ1v) is 12.8. The molecule has 1 unspecified atom stereocenters. The van der Waals surface area contributed by atoms with E-state index in [9.17, 15) is 13.0 Å². The summed E-state index contributed by atoms with van der Waals surface area (Å²) in [5.74, 6) is 0. The Balaban J connectivity index is 0.00000113. The van der Waals surface area contributed by atoms with E-state index in [0.29, 0.717) is 0 Å². The molecule has 6 nitrogen and oxygen atoms in total. The summed E-state index contributed by atoms with van der Waals surface area (Å²) in [6.45, 7) is 5.85. The Morgan fingerprint density at radius 3 is 1.86 bits per heavy atom. The molecule has 0 saturated carbocycles. The van der Waals surface area contributed by atoms with Gasteiger partial charge in [-0.15, -0.1) is 0 Å². The molecule has 0 saturated heterocycles. The van der Waals surface area contributed by atoms with Gasteiger partial charge in [0, 0.05) is 0 Å². The van der Waals surface area contributed by atoms with Gasteiger partial charge in [0.2, 0.25) is 10.4 Å². The summed E-state index contributed by atoms with van der Waals surface area (Å²) in [5.41, 5.74) is 0. The summed E-state index contributed by atoms with van der Waals surface area (Å²) in [6.07, 6.45) is 26.4. The van der Waals surface area contributed by atoms with Crippen LogP contribution in [0.15, 0.2) is 17.1 Å². The third kappa shape index (κ3) is 23.4. The summed E-state index contributed by atoms with van der Waals surface area (Å²) < 4.78 is 31.0. The molecule has 1 heterocycles. The van der Waals surface area contributed by atoms with E-state index in [-0.39, 0.29) is 0 Å². The van der Waals surface area contributed by atoms with Crippen LogP contribution in [0.1, 0.15) is 96.8 Å². The second-order valence-electron chi connectivity index (χ2n) is 7.71. The molecule has 0 radical (unpaired) electrons. The first-order valence-electron chi connectivity index (χ1n) is 11.5. The molecule has 0 aliphatic carbocycles. The maximum atomic E-state index is 9.22. The molecular weight excluding hydrogens is 388 g/mol. The number of quaternary nitrogens is 1. The van der Waals surface area contributed by atoms with Crippen molar-refractivity contribution >= 4 is 16.7 Å². The predicted molar refractivity (Wildman–Crippen MR) is 120 cm³/mol. The third-order valence-corrected chi connectivity index (χ3v) is 5.46. The molecular formula is C22H44N2O4S. The number of nitrogens with zero attached hydrogens (tertiary/aromatic N) is 1. The van der Waals surface area contributed by atoms with Crippen LogP contribution >= 0.6 is 0 Å². The smallest absolute Gasteiger partial charge is 0.217 e. The monoisotopic (exact) mass is 432 g/mol. The second-order valence-corrected chi connectivity index (χ2v) is 8.86. The minimum absolute atomic E-state index is 0.808. The quantitative estimate of drug-likeness (QED) is 0.163. The van der Waals surface area contributed by atoms with Crippen LogP contribution in [-0.2, 0) is 14.6 Å². The standard InChI is InChI=1S/C21H40N2.CH4O4S/c1-2-3-4-5-6-7-8-9-10-11-12-13-14-15-16-17-19-23-20-18-22-21-23;1-5-6(2,3)4/h9-10,21H,2-8,11-20H2,1H3;1H3,(H,2,3,4)/b10-9-;. The summed E-state index contributed by atoms with van der Waals surface area (Å²) in [5, 5.41) is 0. The van der Waals surface area contributed by atoms with Gasteiger partial charge in [-0.2, -0.15) is 0 Å². The van der Waals surface area contributed by atoms with Crippen LogP contribution in [0.4, 0.5) is 0 Å². The van der Waals surface area contributed by atoms with Crippen molar-refractivity contribution in [3.05, 3.63) is 12.2 Å². The van der Waals surface area contributed by atoms with Crippen LogP contribution in [0.25, 0.3) is 0 Å². The Kier molecular flexibility index (Phi) is 20.0. The van der Waals surface area contributed by atoms with Crippen LogP contribution in [-0.4, -0.2) is 46.1 Å². The fraction of sp³-hybridized carbons (Fsp3) is 0.864. The fourth-order valence-corrected chi connectivity index (χ4v) is 3.26. The Morgan fingerprint density at radius 2 is 1.41 bits per heavy atom. The number of allylic oxidation sites excluding steroid dienone is 2. The first kappa shape index (κ1) is 28.2. The summed E-state index contributed by atoms with van der Waals surface area (Å²) in [7, 11) is -3.60. The molecule has 0 bridgehead atoms. The molecule has 0 aromatic rings. The van der Waals surface area contributed by atoms with Crippen LogP contribution in [0.3, 0.4) is 0 Å². The summed E-state index contributed by atoms with van der Waals surface area (Å²) in [6, 6.07) is 0. The molecule has 1 aliphatic rings. The Morgan fingerprint density at radius 1 is 0.931 bits per heavy atom. The van der Waals surface area contributed by atoms with Crippen molar-refractivity contribution in [1.29, 1.82) is 0 Å². The Hall–Kier alpha value is -0.760. The zero-order chi connectivity index (χ0) is 21.6. The molecule has 7 heteroatoms. The minimum atomic E-state index is -4.41. The molecule has 0 aromatic heterocycles. The average Bonchev–Trinajstić information content (AvgIpc) is 3.21. The SMILES string of the molecule is CCCCCCCC/C=C\CCCCCCCC[NH+]1C=NCC1.COS(=O)(=O)[O-]. The van der Waals surface area contributed by atoms with Crippen LogP contribution in [0.2, 0.25) is 0 Å². The van der Waals surface area contributed by atoms with Crippen molar-refractivity contribution in [2.75, 3.05) is 26.7 Å². The highest BCUT2D eigenvalue weighted by molar-refractivity contribution is 7.80. The molecule has 0 spiro atoms. The Bertz CT molecular complexity index is 507. The van der Waals surface area contributed by atoms with Crippen LogP contribution in [0.5, 0.6) is 0 Å². The van der Waals surface area contributed by atoms with Gasteiger partial charge in [-0.3, -0.25) is 9.08 Å². The lowest BCUT2D eigenvalue weighted by atomic mass is 10.1. The van der Waals surface area contributed by atoms with E-state index < -0.39 is 10.4 Å². The van der Waals surface area contributed by atoms with Crippen molar-refractivity contribution < 1.29 is 22.1 Å². The highest BCUT2D eigenvalue weighted by atomic mass is 32.3. The van der Waals surface area contributed by atoms with E-state index in [2.05, 4.69) is 34.6 Å². The summed E-state index contributed by atoms with van der Waals surface area (Å²) >= 11 is 0. The highest BCUT2D eigenvalue weighted by Gasteiger charge is 2.08. The molecule has 172 valence electrons. The number of hydrogen-bond acceptors (Lipinski definition) is 5. The lowest BCUT2D eigenvalue weighted by Gasteiger charge is -2.07. The number of hydrogen-bond donors (Lipinski definition) is 1. The van der Waals surface area contributed by atoms with Crippen molar-refractivity contribution in [2.45, 2.75) is 96.8 Å². The fourth-order valence-electron chi connectivity index (χ4n) is 3.26. The second kappa shape index (κ2) is 20.5. The van der Waals surface area contributed by atoms with Crippen molar-refractivity contribution in [1.82, 2.24) is 0 Å². The zero-order valence-corrected chi connectivity index (χ0v) is 19.6. The average molecular weight is 433 g/mol. The van der Waals surface area contributed by atoms with Gasteiger partial charge >= 0.3 is 0 Å². The molecule has 0 aromatic carbocycles. The van der Waals surface area contributed by atoms with E-state index in [0.717, 1.165) is 13.7 Å². The highest BCUT2D eigenvalue weighted by Crippen LogP contribution is 2.09. The molecule has 29 heavy (non-hydrogen) atoms. The molecule has 1 rings (SSSR count). The normalized spacial score (nSPS) is 16.3. The lowest BCUT2D eigenvalue weighted by Crippen LogP contribution is -3.09. The van der Waals surface area contributed by atoms with E-state index in [4.69, 9.17) is 0 Å². The third-order valence-electron chi connectivity index (χ3n) is 5.05. The lowest BCUT2D eigenvalue weighted by molar-refractivity contribution is -0.791. The number of aliphatic imine (C=N–C) groups is 1. The maximum Gasteiger partial charge on any atom is 0.217 e. The zero-order valence-electron chi connectivity index (χ0n) is 18.7. The number of rotatable bonds is 17. The van der Waals surface area contributed by atoms with E-state index in [1.807, 2.05) is 0 Å². The van der Waals surface area contributed by atoms with Crippen LogP contribution in [0, 0.1) is 0 Å². The van der Waals surface area contributed by atoms with Gasteiger partial charge in [0.25, 0.3) is 0 Å². The van der Waals surface area contributed by atoms with E-state index >= 15 is 0 Å². The topological polar surface area (TPSA) is 83.2 Å². The van der Waals surface area contributed by atoms with E-state index in [1.54, 1.807) is 4.90 Å². The Labute approximate surface area is 179 Å². The van der Waals surface area contributed by atoms with Gasteiger partial charge in [0.15, 0.2) is 6.34 Å². The number of unbranched alkanes of at least 4 members (excludes halogenated alkanes) is 12. The molecule has 1 aliphatic heterocycles. The number of nitrogens with one attached hydrogen (secondary N) is 1. The largest absolute Gasteiger partial charge is 0.726 e. The first-order chi connectivity index (χ1) is 14.0. The van der Waals surface area contributed by atoms with Gasteiger partial charge in [0.1, 0.15) is 6.54 Å². The maximum absolute atomic E-state index is 9.22. The van der Waals surface area contributed by atoms with Gasteiger partial charge in [-0.25, -0.2) is 13.4 Å². The van der Waals surface area contributed by atoms with Crippen molar-refractivity contribution in [3.63, 3.8) is 0 Å². The van der Waals surface area contributed by atoms with Crippen molar-refractivity contribution in [3.8, 4) is 0 Å². The molecule has 1 atom stereocenters. The minimum Gasteiger partial charge on any atom is -0.726 e. The van der Waals surface area contributed by atoms with Gasteiger partial charge in [-0.05, 0) is 38.5 Å². The molecule has 1 N–H and O–H groups in total. The molecule has 0 amide bonds. The predicted octanol–water partition coefficient (Wildman–Crippen LogP) is 4.04.